The molecule has 2 N–H and O–H groups in total. The Morgan fingerprint density at radius 3 is 2.41 bits per heavy atom. The Kier molecular flexibility index (Phi) is 2.30. The number of hydrogen-bond donors (Lipinski definition) is 2. The van der Waals surface area contributed by atoms with Crippen LogP contribution in [0.1, 0.15) is 47.0 Å². The Labute approximate surface area is 104 Å². The van der Waals surface area contributed by atoms with Crippen molar-refractivity contribution in [2.24, 2.45) is 35.0 Å². The van der Waals surface area contributed by atoms with E-state index in [2.05, 4.69) is 20.8 Å². The van der Waals surface area contributed by atoms with E-state index in [9.17, 15) is 10.2 Å². The van der Waals surface area contributed by atoms with Crippen molar-refractivity contribution in [1.82, 2.24) is 0 Å². The maximum atomic E-state index is 10.7. The second-order valence-corrected chi connectivity index (χ2v) is 7.73. The summed E-state index contributed by atoms with van der Waals surface area (Å²) >= 11 is 0. The van der Waals surface area contributed by atoms with Crippen LogP contribution in [0.3, 0.4) is 0 Å². The lowest BCUT2D eigenvalue weighted by Crippen LogP contribution is -2.43. The van der Waals surface area contributed by atoms with Crippen molar-refractivity contribution in [3.63, 3.8) is 0 Å². The molecule has 0 saturated heterocycles. The van der Waals surface area contributed by atoms with E-state index in [1.54, 1.807) is 0 Å². The van der Waals surface area contributed by atoms with Gasteiger partial charge in [0.1, 0.15) is 0 Å². The summed E-state index contributed by atoms with van der Waals surface area (Å²) in [5.41, 5.74) is -0.212. The molecule has 3 aliphatic rings. The third kappa shape index (κ3) is 1.46. The lowest BCUT2D eigenvalue weighted by Gasteiger charge is -2.37. The number of aliphatic hydroxyl groups is 2. The number of fused-ring (bicyclic) bond motifs is 3. The van der Waals surface area contributed by atoms with Gasteiger partial charge in [0.25, 0.3) is 0 Å². The van der Waals surface area contributed by atoms with Gasteiger partial charge in [-0.2, -0.15) is 0 Å². The fraction of sp³-hybridized carbons (Fsp3) is 1.00. The van der Waals surface area contributed by atoms with Crippen molar-refractivity contribution in [2.75, 3.05) is 0 Å². The first-order valence-corrected chi connectivity index (χ1v) is 7.17. The van der Waals surface area contributed by atoms with Gasteiger partial charge in [-0.05, 0) is 55.3 Å². The molecule has 0 heterocycles. The van der Waals surface area contributed by atoms with Gasteiger partial charge in [-0.1, -0.05) is 20.8 Å². The van der Waals surface area contributed by atoms with Crippen LogP contribution in [0.4, 0.5) is 0 Å². The average molecular weight is 238 g/mol. The van der Waals surface area contributed by atoms with E-state index < -0.39 is 5.60 Å². The standard InChI is InChI=1S/C15H26O2/c1-8-7-10(16)13-11(8)12-9(14(12,2)3)5-6-15(13,4)17/h8-13,16-17H,5-7H2,1-4H3/t8-,9-,10+,11+,12-,13-,15-/m1/s1. The molecule has 3 saturated carbocycles. The molecule has 3 fully saturated rings. The molecule has 0 aromatic rings. The lowest BCUT2D eigenvalue weighted by molar-refractivity contribution is -0.0704. The Bertz CT molecular complexity index is 334. The van der Waals surface area contributed by atoms with E-state index in [0.29, 0.717) is 17.3 Å². The number of hydrogen-bond acceptors (Lipinski definition) is 2. The summed E-state index contributed by atoms with van der Waals surface area (Å²) in [4.78, 5) is 0. The normalized spacial score (nSPS) is 60.4. The molecule has 0 aromatic heterocycles. The Balaban J connectivity index is 1.98. The smallest absolute Gasteiger partial charge is 0.0675 e. The summed E-state index contributed by atoms with van der Waals surface area (Å²) in [5, 5.41) is 21.0. The van der Waals surface area contributed by atoms with Gasteiger partial charge in [-0.15, -0.1) is 0 Å². The molecule has 0 radical (unpaired) electrons. The molecular weight excluding hydrogens is 212 g/mol. The van der Waals surface area contributed by atoms with E-state index in [4.69, 9.17) is 0 Å². The van der Waals surface area contributed by atoms with E-state index in [1.165, 1.54) is 0 Å². The predicted octanol–water partition coefficient (Wildman–Crippen LogP) is 2.44. The second-order valence-electron chi connectivity index (χ2n) is 7.73. The van der Waals surface area contributed by atoms with Crippen molar-refractivity contribution in [1.29, 1.82) is 0 Å². The van der Waals surface area contributed by atoms with Crippen LogP contribution < -0.4 is 0 Å². The maximum Gasteiger partial charge on any atom is 0.0675 e. The van der Waals surface area contributed by atoms with Gasteiger partial charge in [-0.3, -0.25) is 0 Å². The topological polar surface area (TPSA) is 40.5 Å². The largest absolute Gasteiger partial charge is 0.393 e. The summed E-state index contributed by atoms with van der Waals surface area (Å²) in [5.74, 6) is 2.70. The van der Waals surface area contributed by atoms with Crippen LogP contribution in [0.5, 0.6) is 0 Å². The number of rotatable bonds is 0. The van der Waals surface area contributed by atoms with Gasteiger partial charge < -0.3 is 10.2 Å². The van der Waals surface area contributed by atoms with Gasteiger partial charge in [-0.25, -0.2) is 0 Å². The first-order chi connectivity index (χ1) is 7.77. The van der Waals surface area contributed by atoms with Gasteiger partial charge in [0.05, 0.1) is 11.7 Å². The molecule has 0 unspecified atom stereocenters. The molecule has 7 atom stereocenters. The summed E-state index contributed by atoms with van der Waals surface area (Å²) in [6.07, 6.45) is 2.59. The molecule has 0 spiro atoms. The van der Waals surface area contributed by atoms with Crippen LogP contribution in [0.15, 0.2) is 0 Å². The predicted molar refractivity (Wildman–Crippen MR) is 67.4 cm³/mol. The van der Waals surface area contributed by atoms with Crippen molar-refractivity contribution >= 4 is 0 Å². The lowest BCUT2D eigenvalue weighted by atomic mass is 9.74. The van der Waals surface area contributed by atoms with Gasteiger partial charge >= 0.3 is 0 Å². The van der Waals surface area contributed by atoms with E-state index in [1.807, 2.05) is 6.92 Å². The average Bonchev–Trinajstić information content (AvgIpc) is 2.62. The number of aliphatic hydroxyl groups excluding tert-OH is 1. The van der Waals surface area contributed by atoms with Crippen molar-refractivity contribution < 1.29 is 10.2 Å². The van der Waals surface area contributed by atoms with Crippen LogP contribution in [-0.2, 0) is 0 Å². The van der Waals surface area contributed by atoms with E-state index >= 15 is 0 Å². The molecule has 0 amide bonds. The SMILES string of the molecule is C[C@@H]1C[C@H](O)[C@@H]2[C@@H]1[C@H]1[C@@H](CC[C@@]2(C)O)C1(C)C. The monoisotopic (exact) mass is 238 g/mol. The minimum atomic E-state index is -0.654. The zero-order chi connectivity index (χ0) is 12.6. The maximum absolute atomic E-state index is 10.7. The summed E-state index contributed by atoms with van der Waals surface area (Å²) in [6.45, 7) is 8.96. The van der Waals surface area contributed by atoms with E-state index in [0.717, 1.165) is 31.1 Å². The zero-order valence-electron chi connectivity index (χ0n) is 11.5. The van der Waals surface area contributed by atoms with Crippen LogP contribution in [0, 0.1) is 35.0 Å². The molecule has 0 aliphatic heterocycles. The summed E-state index contributed by atoms with van der Waals surface area (Å²) < 4.78 is 0. The van der Waals surface area contributed by atoms with Crippen LogP contribution in [0.2, 0.25) is 0 Å². The second kappa shape index (κ2) is 3.27. The van der Waals surface area contributed by atoms with Crippen LogP contribution in [-0.4, -0.2) is 21.9 Å². The van der Waals surface area contributed by atoms with Crippen molar-refractivity contribution in [2.45, 2.75) is 58.7 Å². The highest BCUT2D eigenvalue weighted by atomic mass is 16.3. The Morgan fingerprint density at radius 2 is 1.76 bits per heavy atom. The summed E-state index contributed by atoms with van der Waals surface area (Å²) in [6, 6.07) is 0. The Hall–Kier alpha value is -0.0800. The highest BCUT2D eigenvalue weighted by molar-refractivity contribution is 5.16. The zero-order valence-corrected chi connectivity index (χ0v) is 11.5. The fourth-order valence-electron chi connectivity index (χ4n) is 5.42. The fourth-order valence-corrected chi connectivity index (χ4v) is 5.42. The molecule has 17 heavy (non-hydrogen) atoms. The van der Waals surface area contributed by atoms with Crippen molar-refractivity contribution in [3.05, 3.63) is 0 Å². The quantitative estimate of drug-likeness (QED) is 0.680. The molecule has 2 heteroatoms. The molecular formula is C15H26O2. The molecule has 0 bridgehead atoms. The minimum absolute atomic E-state index is 0.106. The molecule has 3 aliphatic carbocycles. The van der Waals surface area contributed by atoms with Gasteiger partial charge in [0.15, 0.2) is 0 Å². The third-order valence-electron chi connectivity index (χ3n) is 6.33. The Morgan fingerprint density at radius 1 is 1.12 bits per heavy atom. The third-order valence-corrected chi connectivity index (χ3v) is 6.33. The highest BCUT2D eigenvalue weighted by Crippen LogP contribution is 2.71. The van der Waals surface area contributed by atoms with Crippen molar-refractivity contribution in [3.8, 4) is 0 Å². The van der Waals surface area contributed by atoms with Gasteiger partial charge in [0.2, 0.25) is 0 Å². The summed E-state index contributed by atoms with van der Waals surface area (Å²) in [7, 11) is 0. The molecule has 3 rings (SSSR count). The molecule has 2 nitrogen and oxygen atoms in total. The first-order valence-electron chi connectivity index (χ1n) is 7.17. The first kappa shape index (κ1) is 12.0. The van der Waals surface area contributed by atoms with E-state index in [-0.39, 0.29) is 12.0 Å². The minimum Gasteiger partial charge on any atom is -0.393 e. The van der Waals surface area contributed by atoms with Crippen LogP contribution >= 0.6 is 0 Å². The molecule has 0 aromatic carbocycles. The van der Waals surface area contributed by atoms with Crippen LogP contribution in [0.25, 0.3) is 0 Å². The van der Waals surface area contributed by atoms with Gasteiger partial charge in [0, 0.05) is 5.92 Å². The highest BCUT2D eigenvalue weighted by Gasteiger charge is 2.68. The molecule has 98 valence electrons.